The fourth-order valence-electron chi connectivity index (χ4n) is 3.01. The van der Waals surface area contributed by atoms with E-state index in [-0.39, 0.29) is 17.2 Å². The van der Waals surface area contributed by atoms with Gasteiger partial charge >= 0.3 is 0 Å². The zero-order valence-corrected chi connectivity index (χ0v) is 17.4. The number of carbonyl (C=O) groups is 2. The molecule has 2 aromatic rings. The molecule has 7 heteroatoms. The maximum Gasteiger partial charge on any atom is 0.268 e. The number of nitrogens with zero attached hydrogens (tertiary/aromatic N) is 2. The Bertz CT molecular complexity index is 866. The summed E-state index contributed by atoms with van der Waals surface area (Å²) in [5, 5.41) is -0.971. The van der Waals surface area contributed by atoms with Gasteiger partial charge in [0.15, 0.2) is 5.06 Å². The number of anilines is 1. The molecule has 0 aliphatic heterocycles. The van der Waals surface area contributed by atoms with Crippen LogP contribution in [0.25, 0.3) is 0 Å². The van der Waals surface area contributed by atoms with E-state index in [1.54, 1.807) is 31.1 Å². The van der Waals surface area contributed by atoms with Gasteiger partial charge in [0.1, 0.15) is 5.69 Å². The summed E-state index contributed by atoms with van der Waals surface area (Å²) in [5.41, 5.74) is 7.62. The Hall–Kier alpha value is -2.44. The van der Waals surface area contributed by atoms with Crippen molar-refractivity contribution in [3.63, 3.8) is 0 Å². The van der Waals surface area contributed by atoms with Gasteiger partial charge in [-0.25, -0.2) is 4.98 Å². The molecule has 150 valence electrons. The van der Waals surface area contributed by atoms with Crippen LogP contribution in [-0.4, -0.2) is 30.5 Å². The van der Waals surface area contributed by atoms with Crippen molar-refractivity contribution in [3.8, 4) is 0 Å². The highest BCUT2D eigenvalue weighted by Gasteiger charge is 2.29. The van der Waals surface area contributed by atoms with Gasteiger partial charge in [-0.3, -0.25) is 9.59 Å². The first-order chi connectivity index (χ1) is 13.3. The molecule has 0 bridgehead atoms. The molecule has 0 saturated carbocycles. The zero-order chi connectivity index (χ0) is 20.9. The van der Waals surface area contributed by atoms with Crippen molar-refractivity contribution < 1.29 is 14.3 Å². The van der Waals surface area contributed by atoms with Crippen LogP contribution >= 0.6 is 11.6 Å². The minimum absolute atomic E-state index is 0.0283. The molecular weight excluding hydrogens is 378 g/mol. The molecule has 28 heavy (non-hydrogen) atoms. The van der Waals surface area contributed by atoms with Crippen molar-refractivity contribution in [2.45, 2.75) is 38.7 Å². The second-order valence-electron chi connectivity index (χ2n) is 6.51. The highest BCUT2D eigenvalue weighted by atomic mass is 35.5. The fourth-order valence-corrected chi connectivity index (χ4v) is 3.12. The number of amides is 2. The van der Waals surface area contributed by atoms with Crippen LogP contribution in [0.15, 0.2) is 36.4 Å². The number of hydrogen-bond acceptors (Lipinski definition) is 4. The van der Waals surface area contributed by atoms with Gasteiger partial charge in [0, 0.05) is 30.6 Å². The molecule has 0 aliphatic carbocycles. The van der Waals surface area contributed by atoms with Crippen LogP contribution in [0.5, 0.6) is 0 Å². The maximum absolute atomic E-state index is 13.3. The van der Waals surface area contributed by atoms with Crippen LogP contribution in [0, 0.1) is 6.92 Å². The predicted octanol–water partition coefficient (Wildman–Crippen LogP) is 3.99. The summed E-state index contributed by atoms with van der Waals surface area (Å²) in [6.07, 6.45) is 1.29. The highest BCUT2D eigenvalue weighted by molar-refractivity contribution is 6.23. The summed E-state index contributed by atoms with van der Waals surface area (Å²) in [5.74, 6) is -1.07. The molecule has 1 aromatic carbocycles. The molecule has 0 saturated heterocycles. The van der Waals surface area contributed by atoms with Crippen LogP contribution in [0.2, 0.25) is 0 Å². The minimum atomic E-state index is -0.971. The zero-order valence-electron chi connectivity index (χ0n) is 16.7. The van der Waals surface area contributed by atoms with E-state index < -0.39 is 11.0 Å². The van der Waals surface area contributed by atoms with Gasteiger partial charge in [-0.05, 0) is 44.0 Å². The first kappa shape index (κ1) is 21.9. The fraction of sp³-hybridized carbons (Fsp3) is 0.381. The lowest BCUT2D eigenvalue weighted by molar-refractivity contribution is 0.0584. The van der Waals surface area contributed by atoms with Gasteiger partial charge in [-0.1, -0.05) is 37.6 Å². The lowest BCUT2D eigenvalue weighted by Gasteiger charge is -2.28. The SMILES string of the molecule is CCCN(C(=O)c1ccc(C)nc1C(N)=O)c1cccc(C(Cl)(CC)OC)c1. The smallest absolute Gasteiger partial charge is 0.268 e. The molecule has 1 atom stereocenters. The summed E-state index contributed by atoms with van der Waals surface area (Å²) >= 11 is 6.57. The largest absolute Gasteiger partial charge is 0.364 e. The number of hydrogen-bond donors (Lipinski definition) is 1. The number of aromatic nitrogens is 1. The van der Waals surface area contributed by atoms with E-state index in [0.717, 1.165) is 12.0 Å². The summed E-state index contributed by atoms with van der Waals surface area (Å²) in [7, 11) is 1.55. The normalized spacial score (nSPS) is 13.0. The van der Waals surface area contributed by atoms with Gasteiger partial charge in [0.2, 0.25) is 0 Å². The van der Waals surface area contributed by atoms with E-state index in [2.05, 4.69) is 4.98 Å². The van der Waals surface area contributed by atoms with E-state index in [9.17, 15) is 9.59 Å². The number of benzene rings is 1. The number of rotatable bonds is 8. The highest BCUT2D eigenvalue weighted by Crippen LogP contribution is 2.35. The summed E-state index contributed by atoms with van der Waals surface area (Å²) in [4.78, 5) is 30.9. The number of alkyl halides is 1. The molecule has 1 heterocycles. The van der Waals surface area contributed by atoms with Crippen molar-refractivity contribution in [1.82, 2.24) is 4.98 Å². The van der Waals surface area contributed by atoms with E-state index in [4.69, 9.17) is 22.1 Å². The van der Waals surface area contributed by atoms with Gasteiger partial charge in [0.05, 0.1) is 5.56 Å². The molecule has 2 rings (SSSR count). The Morgan fingerprint density at radius 1 is 1.25 bits per heavy atom. The quantitative estimate of drug-likeness (QED) is 0.675. The van der Waals surface area contributed by atoms with Crippen LogP contribution < -0.4 is 10.6 Å². The van der Waals surface area contributed by atoms with Crippen molar-refractivity contribution in [1.29, 1.82) is 0 Å². The van der Waals surface area contributed by atoms with E-state index in [1.165, 1.54) is 0 Å². The van der Waals surface area contributed by atoms with Crippen molar-refractivity contribution in [2.75, 3.05) is 18.6 Å². The number of pyridine rings is 1. The number of methoxy groups -OCH3 is 1. The van der Waals surface area contributed by atoms with Gasteiger partial charge < -0.3 is 15.4 Å². The first-order valence-electron chi connectivity index (χ1n) is 9.21. The minimum Gasteiger partial charge on any atom is -0.364 e. The second kappa shape index (κ2) is 9.17. The Morgan fingerprint density at radius 2 is 1.96 bits per heavy atom. The number of aryl methyl sites for hydroxylation is 1. The van der Waals surface area contributed by atoms with E-state index >= 15 is 0 Å². The third-order valence-corrected chi connectivity index (χ3v) is 5.20. The Kier molecular flexibility index (Phi) is 7.16. The first-order valence-corrected chi connectivity index (χ1v) is 9.59. The topological polar surface area (TPSA) is 85.5 Å². The lowest BCUT2D eigenvalue weighted by atomic mass is 10.0. The average Bonchev–Trinajstić information content (AvgIpc) is 2.70. The van der Waals surface area contributed by atoms with E-state index in [1.807, 2.05) is 38.1 Å². The Balaban J connectivity index is 2.53. The van der Waals surface area contributed by atoms with Gasteiger partial charge in [-0.2, -0.15) is 0 Å². The molecule has 0 fully saturated rings. The number of nitrogens with two attached hydrogens (primary N) is 1. The molecule has 1 aromatic heterocycles. The maximum atomic E-state index is 13.3. The molecule has 0 radical (unpaired) electrons. The second-order valence-corrected chi connectivity index (χ2v) is 7.12. The van der Waals surface area contributed by atoms with Crippen LogP contribution in [-0.2, 0) is 9.80 Å². The van der Waals surface area contributed by atoms with Crippen LogP contribution in [0.4, 0.5) is 5.69 Å². The Labute approximate surface area is 170 Å². The van der Waals surface area contributed by atoms with Crippen molar-refractivity contribution >= 4 is 29.1 Å². The molecule has 6 nitrogen and oxygen atoms in total. The molecule has 0 spiro atoms. The standard InChI is InChI=1S/C21H26ClN3O3/c1-5-12-25(16-9-7-8-15(13-16)21(22,6-2)28-4)20(27)17-11-10-14(3)24-18(17)19(23)26/h7-11,13H,5-6,12H2,1-4H3,(H2,23,26). The van der Waals surface area contributed by atoms with Gasteiger partial charge in [0.25, 0.3) is 11.8 Å². The molecule has 0 aliphatic rings. The number of primary amides is 1. The van der Waals surface area contributed by atoms with E-state index in [0.29, 0.717) is 24.3 Å². The Morgan fingerprint density at radius 3 is 2.54 bits per heavy atom. The summed E-state index contributed by atoms with van der Waals surface area (Å²) in [6, 6.07) is 10.6. The number of ether oxygens (including phenoxy) is 1. The summed E-state index contributed by atoms with van der Waals surface area (Å²) in [6.45, 7) is 6.10. The molecule has 2 N–H and O–H groups in total. The lowest BCUT2D eigenvalue weighted by Crippen LogP contribution is -2.34. The van der Waals surface area contributed by atoms with Gasteiger partial charge in [-0.15, -0.1) is 0 Å². The number of carbonyl (C=O) groups excluding carboxylic acids is 2. The molecule has 1 unspecified atom stereocenters. The number of halogens is 1. The molecular formula is C21H26ClN3O3. The summed E-state index contributed by atoms with van der Waals surface area (Å²) < 4.78 is 5.47. The molecule has 2 amide bonds. The van der Waals surface area contributed by atoms with Crippen LogP contribution in [0.1, 0.15) is 58.8 Å². The predicted molar refractivity (Wildman–Crippen MR) is 111 cm³/mol. The van der Waals surface area contributed by atoms with Crippen molar-refractivity contribution in [3.05, 3.63) is 58.9 Å². The monoisotopic (exact) mass is 403 g/mol. The van der Waals surface area contributed by atoms with Crippen molar-refractivity contribution in [2.24, 2.45) is 5.73 Å². The van der Waals surface area contributed by atoms with Crippen LogP contribution in [0.3, 0.4) is 0 Å². The third-order valence-electron chi connectivity index (χ3n) is 4.56. The average molecular weight is 404 g/mol. The third kappa shape index (κ3) is 4.51.